The molecule has 1 aliphatic carbocycles. The van der Waals surface area contributed by atoms with Crippen LogP contribution in [0, 0.1) is 30.0 Å². The van der Waals surface area contributed by atoms with Crippen molar-refractivity contribution in [3.05, 3.63) is 38.3 Å². The fourth-order valence-electron chi connectivity index (χ4n) is 4.18. The lowest BCUT2D eigenvalue weighted by atomic mass is 10.0. The second kappa shape index (κ2) is 6.27. The van der Waals surface area contributed by atoms with E-state index in [2.05, 4.69) is 11.1 Å². The van der Waals surface area contributed by atoms with E-state index in [-0.39, 0.29) is 11.4 Å². The molecular weight excluding hydrogens is 335 g/mol. The van der Waals surface area contributed by atoms with Crippen LogP contribution in [0.1, 0.15) is 43.7 Å². The van der Waals surface area contributed by atoms with Crippen molar-refractivity contribution in [3.8, 4) is 6.07 Å². The Balaban J connectivity index is 1.84. The van der Waals surface area contributed by atoms with E-state index in [4.69, 9.17) is 5.26 Å². The van der Waals surface area contributed by atoms with Gasteiger partial charge in [0.15, 0.2) is 0 Å². The minimum atomic E-state index is -0.538. The first-order valence-electron chi connectivity index (χ1n) is 9.10. The number of anilines is 1. The van der Waals surface area contributed by atoms with E-state index in [9.17, 15) is 14.0 Å². The molecule has 4 rings (SSSR count). The zero-order valence-corrected chi connectivity index (χ0v) is 14.7. The molecule has 1 N–H and O–H groups in total. The van der Waals surface area contributed by atoms with Gasteiger partial charge in [0.25, 0.3) is 5.56 Å². The van der Waals surface area contributed by atoms with Crippen molar-refractivity contribution < 1.29 is 4.39 Å². The number of hydrogen-bond acceptors (Lipinski definition) is 4. The quantitative estimate of drug-likeness (QED) is 0.913. The minimum absolute atomic E-state index is 0.0841. The lowest BCUT2D eigenvalue weighted by Crippen LogP contribution is -2.31. The summed E-state index contributed by atoms with van der Waals surface area (Å²) in [5, 5.41) is 9.00. The fraction of sp³-hybridized carbons (Fsp3) is 0.526. The van der Waals surface area contributed by atoms with Gasteiger partial charge in [-0.15, -0.1) is 0 Å². The van der Waals surface area contributed by atoms with Gasteiger partial charge in [0.2, 0.25) is 0 Å². The van der Waals surface area contributed by atoms with Crippen LogP contribution in [-0.4, -0.2) is 22.6 Å². The van der Waals surface area contributed by atoms with Crippen LogP contribution in [-0.2, 0) is 0 Å². The number of halogens is 1. The highest BCUT2D eigenvalue weighted by molar-refractivity contribution is 5.87. The molecule has 1 aliphatic heterocycles. The molecule has 0 amide bonds. The summed E-state index contributed by atoms with van der Waals surface area (Å²) in [6, 6.07) is 3.51. The van der Waals surface area contributed by atoms with Gasteiger partial charge in [-0.1, -0.05) is 0 Å². The van der Waals surface area contributed by atoms with Crippen LogP contribution in [0.3, 0.4) is 0 Å². The predicted molar refractivity (Wildman–Crippen MR) is 97.0 cm³/mol. The molecular formula is C19H21FN4O2. The number of benzene rings is 1. The summed E-state index contributed by atoms with van der Waals surface area (Å²) in [4.78, 5) is 28.9. The first-order chi connectivity index (χ1) is 12.5. The Hall–Kier alpha value is -2.62. The summed E-state index contributed by atoms with van der Waals surface area (Å²) in [5.41, 5.74) is 0.730. The number of rotatable bonds is 4. The number of nitrogens with one attached hydrogen (secondary N) is 1. The Labute approximate surface area is 149 Å². The number of aryl methyl sites for hydroxylation is 1. The number of H-pyrrole nitrogens is 1. The highest BCUT2D eigenvalue weighted by Crippen LogP contribution is 2.39. The minimum Gasteiger partial charge on any atom is -0.369 e. The maximum Gasteiger partial charge on any atom is 0.329 e. The van der Waals surface area contributed by atoms with Crippen molar-refractivity contribution >= 4 is 16.6 Å². The third kappa shape index (κ3) is 2.70. The molecule has 136 valence electrons. The number of hydrogen-bond donors (Lipinski definition) is 1. The van der Waals surface area contributed by atoms with Crippen LogP contribution in [0.5, 0.6) is 0 Å². The maximum absolute atomic E-state index is 14.9. The summed E-state index contributed by atoms with van der Waals surface area (Å²) in [7, 11) is 0. The van der Waals surface area contributed by atoms with Gasteiger partial charge in [-0.2, -0.15) is 5.26 Å². The van der Waals surface area contributed by atoms with Crippen molar-refractivity contribution in [2.24, 2.45) is 5.92 Å². The third-order valence-corrected chi connectivity index (χ3v) is 5.57. The van der Waals surface area contributed by atoms with Crippen molar-refractivity contribution in [2.45, 2.75) is 45.1 Å². The van der Waals surface area contributed by atoms with E-state index in [0.29, 0.717) is 35.7 Å². The van der Waals surface area contributed by atoms with Gasteiger partial charge in [-0.3, -0.25) is 14.3 Å². The van der Waals surface area contributed by atoms with Gasteiger partial charge in [0.1, 0.15) is 5.82 Å². The molecule has 1 saturated heterocycles. The van der Waals surface area contributed by atoms with E-state index in [1.54, 1.807) is 11.5 Å². The van der Waals surface area contributed by atoms with E-state index >= 15 is 0 Å². The number of nitrogens with zero attached hydrogens (tertiary/aromatic N) is 3. The zero-order chi connectivity index (χ0) is 18.4. The van der Waals surface area contributed by atoms with Crippen LogP contribution in [0.4, 0.5) is 10.1 Å². The number of fused-ring (bicyclic) bond motifs is 1. The van der Waals surface area contributed by atoms with Gasteiger partial charge in [-0.25, -0.2) is 9.18 Å². The van der Waals surface area contributed by atoms with Crippen LogP contribution in [0.2, 0.25) is 0 Å². The smallest absolute Gasteiger partial charge is 0.329 e. The summed E-state index contributed by atoms with van der Waals surface area (Å²) >= 11 is 0. The molecule has 2 aliphatic rings. The Morgan fingerprint density at radius 1 is 1.35 bits per heavy atom. The monoisotopic (exact) mass is 356 g/mol. The Bertz CT molecular complexity index is 1030. The maximum atomic E-state index is 14.9. The highest BCUT2D eigenvalue weighted by atomic mass is 19.1. The predicted octanol–water partition coefficient (Wildman–Crippen LogP) is 2.60. The van der Waals surface area contributed by atoms with Crippen molar-refractivity contribution in [1.82, 2.24) is 9.55 Å². The molecule has 1 unspecified atom stereocenters. The number of aromatic amines is 1. The van der Waals surface area contributed by atoms with Crippen molar-refractivity contribution in [2.75, 3.05) is 18.0 Å². The lowest BCUT2D eigenvalue weighted by Gasteiger charge is -2.24. The van der Waals surface area contributed by atoms with Crippen molar-refractivity contribution in [3.63, 3.8) is 0 Å². The SMILES string of the molecule is Cc1c(N2CCC(CCC#N)C2)c(F)cc2c(=O)[nH]c(=O)n(C3CC3)c12. The first kappa shape index (κ1) is 16.8. The normalized spacial score (nSPS) is 19.9. The largest absolute Gasteiger partial charge is 0.369 e. The van der Waals surface area contributed by atoms with E-state index in [0.717, 1.165) is 32.2 Å². The van der Waals surface area contributed by atoms with E-state index in [1.165, 1.54) is 6.07 Å². The van der Waals surface area contributed by atoms with Gasteiger partial charge >= 0.3 is 5.69 Å². The van der Waals surface area contributed by atoms with Crippen LogP contribution in [0.25, 0.3) is 10.9 Å². The average Bonchev–Trinajstić information content (AvgIpc) is 3.33. The second-order valence-electron chi connectivity index (χ2n) is 7.39. The molecule has 1 aromatic carbocycles. The molecule has 2 aromatic rings. The molecule has 0 radical (unpaired) electrons. The number of nitriles is 1. The summed E-state index contributed by atoms with van der Waals surface area (Å²) in [6.07, 6.45) is 4.03. The van der Waals surface area contributed by atoms with Crippen molar-refractivity contribution in [1.29, 1.82) is 5.26 Å². The Morgan fingerprint density at radius 2 is 2.12 bits per heavy atom. The standard InChI is InChI=1S/C19H21FN4O2/c1-11-16-14(18(25)22-19(26)24(16)13-4-5-13)9-15(20)17(11)23-8-6-12(10-23)3-2-7-21/h9,12-13H,2-6,8,10H2,1H3,(H,22,25,26). The molecule has 1 aromatic heterocycles. The molecule has 7 heteroatoms. The molecule has 0 spiro atoms. The van der Waals surface area contributed by atoms with Gasteiger partial charge in [0.05, 0.1) is 22.7 Å². The molecule has 2 heterocycles. The fourth-order valence-corrected chi connectivity index (χ4v) is 4.18. The average molecular weight is 356 g/mol. The highest BCUT2D eigenvalue weighted by Gasteiger charge is 2.31. The van der Waals surface area contributed by atoms with E-state index in [1.807, 2.05) is 4.90 Å². The van der Waals surface area contributed by atoms with Crippen LogP contribution >= 0.6 is 0 Å². The zero-order valence-electron chi connectivity index (χ0n) is 14.7. The summed E-state index contributed by atoms with van der Waals surface area (Å²) in [6.45, 7) is 3.21. The number of aromatic nitrogens is 2. The molecule has 2 fully saturated rings. The topological polar surface area (TPSA) is 81.9 Å². The van der Waals surface area contributed by atoms with Gasteiger partial charge < -0.3 is 4.90 Å². The molecule has 1 atom stereocenters. The summed E-state index contributed by atoms with van der Waals surface area (Å²) in [5.74, 6) is -0.0589. The molecule has 6 nitrogen and oxygen atoms in total. The van der Waals surface area contributed by atoms with Crippen LogP contribution < -0.4 is 16.1 Å². The summed E-state index contributed by atoms with van der Waals surface area (Å²) < 4.78 is 16.5. The van der Waals surface area contributed by atoms with Gasteiger partial charge in [0, 0.05) is 31.1 Å². The molecule has 1 saturated carbocycles. The Morgan fingerprint density at radius 3 is 2.81 bits per heavy atom. The molecule has 26 heavy (non-hydrogen) atoms. The molecule has 0 bridgehead atoms. The first-order valence-corrected chi connectivity index (χ1v) is 9.10. The van der Waals surface area contributed by atoms with Gasteiger partial charge in [-0.05, 0) is 44.6 Å². The second-order valence-corrected chi connectivity index (χ2v) is 7.39. The third-order valence-electron chi connectivity index (χ3n) is 5.57. The van der Waals surface area contributed by atoms with Crippen LogP contribution in [0.15, 0.2) is 15.7 Å². The van der Waals surface area contributed by atoms with E-state index < -0.39 is 17.1 Å². The lowest BCUT2D eigenvalue weighted by molar-refractivity contribution is 0.545. The Kier molecular flexibility index (Phi) is 4.06.